The zero-order valence-corrected chi connectivity index (χ0v) is 10.0. The molecule has 0 aromatic heterocycles. The van der Waals surface area contributed by atoms with Gasteiger partial charge in [-0.15, -0.1) is 0 Å². The van der Waals surface area contributed by atoms with E-state index in [1.807, 2.05) is 0 Å². The Balaban J connectivity index is 1.48. The number of ether oxygens (including phenoxy) is 2. The van der Waals surface area contributed by atoms with Gasteiger partial charge >= 0.3 is 0 Å². The zero-order valence-electron chi connectivity index (χ0n) is 10.0. The van der Waals surface area contributed by atoms with Crippen LogP contribution >= 0.6 is 0 Å². The van der Waals surface area contributed by atoms with Crippen LogP contribution in [0.1, 0.15) is 5.56 Å². The number of hydrogen-bond donors (Lipinski definition) is 0. The van der Waals surface area contributed by atoms with Crippen molar-refractivity contribution in [3.8, 4) is 0 Å². The molecule has 92 valence electrons. The number of hydrogen-bond acceptors (Lipinski definition) is 3. The Bertz CT molecular complexity index is 332. The van der Waals surface area contributed by atoms with E-state index in [2.05, 4.69) is 35.2 Å². The molecule has 2 unspecified atom stereocenters. The molecule has 2 fully saturated rings. The Morgan fingerprint density at radius 1 is 1.00 bits per heavy atom. The Labute approximate surface area is 102 Å². The summed E-state index contributed by atoms with van der Waals surface area (Å²) in [6.07, 6.45) is 2.06. The van der Waals surface area contributed by atoms with Crippen LogP contribution in [0.5, 0.6) is 0 Å². The van der Waals surface area contributed by atoms with Gasteiger partial charge in [0.1, 0.15) is 0 Å². The fourth-order valence-corrected chi connectivity index (χ4v) is 2.11. The molecule has 2 heterocycles. The van der Waals surface area contributed by atoms with Gasteiger partial charge in [-0.25, -0.2) is 0 Å². The molecule has 0 N–H and O–H groups in total. The first-order valence-corrected chi connectivity index (χ1v) is 6.39. The van der Waals surface area contributed by atoms with Gasteiger partial charge in [-0.05, 0) is 12.0 Å². The molecule has 3 heteroatoms. The van der Waals surface area contributed by atoms with Crippen molar-refractivity contribution in [2.75, 3.05) is 32.8 Å². The van der Waals surface area contributed by atoms with Crippen molar-refractivity contribution in [2.45, 2.75) is 18.6 Å². The largest absolute Gasteiger partial charge is 0.372 e. The van der Waals surface area contributed by atoms with Crippen molar-refractivity contribution in [1.82, 2.24) is 4.90 Å². The lowest BCUT2D eigenvalue weighted by molar-refractivity contribution is 0.221. The van der Waals surface area contributed by atoms with Gasteiger partial charge in [0.15, 0.2) is 0 Å². The van der Waals surface area contributed by atoms with Crippen LogP contribution in [0.25, 0.3) is 0 Å². The maximum atomic E-state index is 5.31. The Hall–Kier alpha value is -0.900. The van der Waals surface area contributed by atoms with E-state index < -0.39 is 0 Å². The molecule has 2 atom stereocenters. The maximum absolute atomic E-state index is 5.31. The van der Waals surface area contributed by atoms with Crippen molar-refractivity contribution >= 4 is 0 Å². The monoisotopic (exact) mass is 233 g/mol. The minimum Gasteiger partial charge on any atom is -0.372 e. The third-order valence-electron chi connectivity index (χ3n) is 3.29. The minimum absolute atomic E-state index is 0.476. The molecule has 2 aliphatic rings. The second kappa shape index (κ2) is 5.17. The molecule has 0 aliphatic carbocycles. The molecule has 1 aromatic rings. The second-order valence-corrected chi connectivity index (χ2v) is 4.91. The number of epoxide rings is 2. The Kier molecular flexibility index (Phi) is 3.41. The van der Waals surface area contributed by atoms with Crippen molar-refractivity contribution < 1.29 is 9.47 Å². The summed E-state index contributed by atoms with van der Waals surface area (Å²) < 4.78 is 10.6. The number of nitrogens with zero attached hydrogens (tertiary/aromatic N) is 1. The molecule has 0 spiro atoms. The SMILES string of the molecule is c1ccc(CCN(CC2CO2)CC2CO2)cc1. The van der Waals surface area contributed by atoms with Crippen LogP contribution in [0.15, 0.2) is 30.3 Å². The summed E-state index contributed by atoms with van der Waals surface area (Å²) in [6, 6.07) is 10.7. The lowest BCUT2D eigenvalue weighted by atomic mass is 10.1. The van der Waals surface area contributed by atoms with Crippen LogP contribution in [0.4, 0.5) is 0 Å². The quantitative estimate of drug-likeness (QED) is 0.665. The Morgan fingerprint density at radius 2 is 1.59 bits per heavy atom. The minimum atomic E-state index is 0.476. The van der Waals surface area contributed by atoms with Gasteiger partial charge in [0.05, 0.1) is 25.4 Å². The van der Waals surface area contributed by atoms with Crippen LogP contribution in [0.2, 0.25) is 0 Å². The van der Waals surface area contributed by atoms with E-state index in [-0.39, 0.29) is 0 Å². The van der Waals surface area contributed by atoms with Crippen LogP contribution in [-0.4, -0.2) is 50.0 Å². The average Bonchev–Trinajstić information content (AvgIpc) is 3.23. The predicted octanol–water partition coefficient (Wildman–Crippen LogP) is 1.33. The maximum Gasteiger partial charge on any atom is 0.0936 e. The smallest absolute Gasteiger partial charge is 0.0936 e. The van der Waals surface area contributed by atoms with Gasteiger partial charge in [0.2, 0.25) is 0 Å². The van der Waals surface area contributed by atoms with E-state index >= 15 is 0 Å². The fourth-order valence-electron chi connectivity index (χ4n) is 2.11. The van der Waals surface area contributed by atoms with E-state index in [0.29, 0.717) is 12.2 Å². The summed E-state index contributed by atoms with van der Waals surface area (Å²) in [7, 11) is 0. The van der Waals surface area contributed by atoms with Crippen LogP contribution < -0.4 is 0 Å². The molecule has 2 aliphatic heterocycles. The van der Waals surface area contributed by atoms with Crippen LogP contribution in [-0.2, 0) is 15.9 Å². The van der Waals surface area contributed by atoms with Gasteiger partial charge in [0.25, 0.3) is 0 Å². The van der Waals surface area contributed by atoms with Crippen molar-refractivity contribution in [1.29, 1.82) is 0 Å². The first-order chi connectivity index (χ1) is 8.40. The summed E-state index contributed by atoms with van der Waals surface area (Å²) in [6.45, 7) is 5.10. The van der Waals surface area contributed by atoms with Crippen molar-refractivity contribution in [3.63, 3.8) is 0 Å². The standard InChI is InChI=1S/C14H19NO2/c1-2-4-12(5-3-1)6-7-15(8-13-10-16-13)9-14-11-17-14/h1-5,13-14H,6-11H2. The Morgan fingerprint density at radius 3 is 2.12 bits per heavy atom. The average molecular weight is 233 g/mol. The highest BCUT2D eigenvalue weighted by atomic mass is 16.6. The second-order valence-electron chi connectivity index (χ2n) is 4.91. The van der Waals surface area contributed by atoms with E-state index in [9.17, 15) is 0 Å². The fraction of sp³-hybridized carbons (Fsp3) is 0.571. The number of rotatable bonds is 7. The molecule has 17 heavy (non-hydrogen) atoms. The van der Waals surface area contributed by atoms with Crippen LogP contribution in [0, 0.1) is 0 Å². The van der Waals surface area contributed by atoms with Gasteiger partial charge in [-0.2, -0.15) is 0 Å². The molecule has 0 bridgehead atoms. The lowest BCUT2D eigenvalue weighted by Crippen LogP contribution is -2.33. The molecule has 3 rings (SSSR count). The van der Waals surface area contributed by atoms with Crippen molar-refractivity contribution in [2.24, 2.45) is 0 Å². The summed E-state index contributed by atoms with van der Waals surface area (Å²) in [5, 5.41) is 0. The van der Waals surface area contributed by atoms with Gasteiger partial charge in [-0.3, -0.25) is 4.90 Å². The summed E-state index contributed by atoms with van der Waals surface area (Å²) in [4.78, 5) is 2.47. The first-order valence-electron chi connectivity index (χ1n) is 6.39. The first kappa shape index (κ1) is 11.2. The summed E-state index contributed by atoms with van der Waals surface area (Å²) >= 11 is 0. The molecule has 3 nitrogen and oxygen atoms in total. The molecular weight excluding hydrogens is 214 g/mol. The summed E-state index contributed by atoms with van der Waals surface area (Å²) in [5.41, 5.74) is 1.41. The highest BCUT2D eigenvalue weighted by Crippen LogP contribution is 2.16. The highest BCUT2D eigenvalue weighted by Gasteiger charge is 2.30. The van der Waals surface area contributed by atoms with E-state index in [0.717, 1.165) is 39.3 Å². The molecular formula is C14H19NO2. The lowest BCUT2D eigenvalue weighted by Gasteiger charge is -2.20. The van der Waals surface area contributed by atoms with E-state index in [1.165, 1.54) is 5.56 Å². The molecule has 0 amide bonds. The van der Waals surface area contributed by atoms with Crippen LogP contribution in [0.3, 0.4) is 0 Å². The predicted molar refractivity (Wildman–Crippen MR) is 66.1 cm³/mol. The van der Waals surface area contributed by atoms with Gasteiger partial charge in [0, 0.05) is 19.6 Å². The number of benzene rings is 1. The third kappa shape index (κ3) is 3.80. The van der Waals surface area contributed by atoms with E-state index in [4.69, 9.17) is 9.47 Å². The van der Waals surface area contributed by atoms with Crippen molar-refractivity contribution in [3.05, 3.63) is 35.9 Å². The topological polar surface area (TPSA) is 28.3 Å². The third-order valence-corrected chi connectivity index (χ3v) is 3.29. The zero-order chi connectivity index (χ0) is 11.5. The van der Waals surface area contributed by atoms with Gasteiger partial charge in [-0.1, -0.05) is 30.3 Å². The molecule has 0 radical (unpaired) electrons. The normalized spacial score (nSPS) is 26.2. The summed E-state index contributed by atoms with van der Waals surface area (Å²) in [5.74, 6) is 0. The van der Waals surface area contributed by atoms with Gasteiger partial charge < -0.3 is 9.47 Å². The molecule has 1 aromatic carbocycles. The molecule has 0 saturated carbocycles. The highest BCUT2D eigenvalue weighted by molar-refractivity contribution is 5.14. The van der Waals surface area contributed by atoms with E-state index in [1.54, 1.807) is 0 Å². The molecule has 2 saturated heterocycles.